The minimum atomic E-state index is -0.377. The molecule has 1 amide bonds. The molecule has 0 unspecified atom stereocenters. The van der Waals surface area contributed by atoms with Crippen LogP contribution in [0.2, 0.25) is 0 Å². The van der Waals surface area contributed by atoms with Crippen molar-refractivity contribution in [2.75, 3.05) is 13.1 Å². The maximum absolute atomic E-state index is 11.9. The first-order valence-electron chi connectivity index (χ1n) is 6.35. The molecule has 1 saturated carbocycles. The number of amides is 1. The van der Waals surface area contributed by atoms with Crippen molar-refractivity contribution < 1.29 is 9.53 Å². The lowest BCUT2D eigenvalue weighted by molar-refractivity contribution is 0.0283. The summed E-state index contributed by atoms with van der Waals surface area (Å²) in [5.74, 6) is 2.23. The van der Waals surface area contributed by atoms with E-state index in [4.69, 9.17) is 4.74 Å². The van der Waals surface area contributed by atoms with E-state index in [2.05, 4.69) is 6.92 Å². The standard InChI is InChI=1S/C13H23NO2/c1-9-7-14(8-11(9)10-5-6-10)12(15)16-13(2,3)4/h9-11H,5-8H2,1-4H3/t9-,11+/m0/s1. The number of ether oxygens (including phenoxy) is 1. The molecule has 0 spiro atoms. The van der Waals surface area contributed by atoms with Crippen molar-refractivity contribution in [3.8, 4) is 0 Å². The Bertz CT molecular complexity index is 278. The Hall–Kier alpha value is -0.730. The van der Waals surface area contributed by atoms with Crippen molar-refractivity contribution in [2.45, 2.75) is 46.1 Å². The van der Waals surface area contributed by atoms with Gasteiger partial charge in [0.25, 0.3) is 0 Å². The van der Waals surface area contributed by atoms with Crippen molar-refractivity contribution in [1.82, 2.24) is 4.90 Å². The zero-order valence-corrected chi connectivity index (χ0v) is 10.8. The van der Waals surface area contributed by atoms with E-state index >= 15 is 0 Å². The normalized spacial score (nSPS) is 30.6. The van der Waals surface area contributed by atoms with Crippen molar-refractivity contribution in [2.24, 2.45) is 17.8 Å². The fourth-order valence-electron chi connectivity index (χ4n) is 2.61. The van der Waals surface area contributed by atoms with E-state index < -0.39 is 0 Å². The Balaban J connectivity index is 1.89. The largest absolute Gasteiger partial charge is 0.444 e. The summed E-state index contributed by atoms with van der Waals surface area (Å²) in [5.41, 5.74) is -0.377. The molecule has 2 aliphatic rings. The van der Waals surface area contributed by atoms with Gasteiger partial charge in [0.2, 0.25) is 0 Å². The quantitative estimate of drug-likeness (QED) is 0.686. The van der Waals surface area contributed by atoms with Crippen LogP contribution in [-0.4, -0.2) is 29.7 Å². The number of carbonyl (C=O) groups is 1. The molecule has 0 aromatic rings. The van der Waals surface area contributed by atoms with Gasteiger partial charge in [-0.05, 0) is 51.4 Å². The predicted molar refractivity (Wildman–Crippen MR) is 63.2 cm³/mol. The van der Waals surface area contributed by atoms with Gasteiger partial charge in [-0.3, -0.25) is 0 Å². The third kappa shape index (κ3) is 2.69. The fraction of sp³-hybridized carbons (Fsp3) is 0.923. The number of hydrogen-bond acceptors (Lipinski definition) is 2. The molecule has 2 rings (SSSR count). The molecule has 2 atom stereocenters. The summed E-state index contributed by atoms with van der Waals surface area (Å²) in [7, 11) is 0. The van der Waals surface area contributed by atoms with Gasteiger partial charge in [0.05, 0.1) is 0 Å². The maximum atomic E-state index is 11.9. The van der Waals surface area contributed by atoms with Crippen LogP contribution >= 0.6 is 0 Å². The van der Waals surface area contributed by atoms with Crippen molar-refractivity contribution in [3.05, 3.63) is 0 Å². The zero-order chi connectivity index (χ0) is 11.9. The van der Waals surface area contributed by atoms with Crippen molar-refractivity contribution in [1.29, 1.82) is 0 Å². The first kappa shape index (κ1) is 11.7. The van der Waals surface area contributed by atoms with Crippen LogP contribution in [-0.2, 0) is 4.74 Å². The number of hydrogen-bond donors (Lipinski definition) is 0. The van der Waals surface area contributed by atoms with Gasteiger partial charge < -0.3 is 9.64 Å². The lowest BCUT2D eigenvalue weighted by atomic mass is 9.93. The molecule has 1 aliphatic carbocycles. The molecule has 3 nitrogen and oxygen atoms in total. The second-order valence-electron chi connectivity index (χ2n) is 6.36. The molecule has 0 N–H and O–H groups in total. The van der Waals surface area contributed by atoms with Gasteiger partial charge in [-0.25, -0.2) is 4.79 Å². The summed E-state index contributed by atoms with van der Waals surface area (Å²) in [6, 6.07) is 0. The lowest BCUT2D eigenvalue weighted by Gasteiger charge is -2.24. The average Bonchev–Trinajstić information content (AvgIpc) is 2.87. The maximum Gasteiger partial charge on any atom is 0.410 e. The van der Waals surface area contributed by atoms with Gasteiger partial charge >= 0.3 is 6.09 Å². The van der Waals surface area contributed by atoms with Gasteiger partial charge in [-0.2, -0.15) is 0 Å². The highest BCUT2D eigenvalue weighted by Gasteiger charge is 2.42. The number of carbonyl (C=O) groups excluding carboxylic acids is 1. The molecule has 0 aromatic heterocycles. The van der Waals surface area contributed by atoms with E-state index in [1.807, 2.05) is 25.7 Å². The predicted octanol–water partition coefficient (Wildman–Crippen LogP) is 2.90. The van der Waals surface area contributed by atoms with Crippen LogP contribution in [0.5, 0.6) is 0 Å². The highest BCUT2D eigenvalue weighted by Crippen LogP contribution is 2.43. The second-order valence-corrected chi connectivity index (χ2v) is 6.36. The van der Waals surface area contributed by atoms with Gasteiger partial charge in [-0.15, -0.1) is 0 Å². The molecule has 2 fully saturated rings. The molecule has 16 heavy (non-hydrogen) atoms. The molecule has 1 heterocycles. The molecule has 1 saturated heterocycles. The zero-order valence-electron chi connectivity index (χ0n) is 10.8. The minimum Gasteiger partial charge on any atom is -0.444 e. The van der Waals surface area contributed by atoms with Crippen LogP contribution in [0.1, 0.15) is 40.5 Å². The van der Waals surface area contributed by atoms with E-state index in [9.17, 15) is 4.79 Å². The highest BCUT2D eigenvalue weighted by molar-refractivity contribution is 5.68. The van der Waals surface area contributed by atoms with E-state index in [-0.39, 0.29) is 11.7 Å². The van der Waals surface area contributed by atoms with Gasteiger partial charge in [0.15, 0.2) is 0 Å². The third-order valence-corrected chi connectivity index (χ3v) is 3.55. The van der Waals surface area contributed by atoms with E-state index in [1.165, 1.54) is 12.8 Å². The topological polar surface area (TPSA) is 29.5 Å². The number of likely N-dealkylation sites (tertiary alicyclic amines) is 1. The summed E-state index contributed by atoms with van der Waals surface area (Å²) in [6.45, 7) is 9.79. The Morgan fingerprint density at radius 3 is 2.38 bits per heavy atom. The van der Waals surface area contributed by atoms with Crippen molar-refractivity contribution >= 4 is 6.09 Å². The first-order chi connectivity index (χ1) is 7.37. The fourth-order valence-corrected chi connectivity index (χ4v) is 2.61. The van der Waals surface area contributed by atoms with Crippen LogP contribution in [0.4, 0.5) is 4.79 Å². The Labute approximate surface area is 98.1 Å². The van der Waals surface area contributed by atoms with Crippen LogP contribution < -0.4 is 0 Å². The van der Waals surface area contributed by atoms with E-state index in [1.54, 1.807) is 0 Å². The van der Waals surface area contributed by atoms with Crippen LogP contribution in [0.3, 0.4) is 0 Å². The van der Waals surface area contributed by atoms with E-state index in [0.717, 1.165) is 19.0 Å². The Morgan fingerprint density at radius 1 is 1.25 bits per heavy atom. The molecule has 3 heteroatoms. The smallest absolute Gasteiger partial charge is 0.410 e. The molecular formula is C13H23NO2. The van der Waals surface area contributed by atoms with Crippen LogP contribution in [0.25, 0.3) is 0 Å². The van der Waals surface area contributed by atoms with Crippen molar-refractivity contribution in [3.63, 3.8) is 0 Å². The Kier molecular flexibility index (Phi) is 2.89. The van der Waals surface area contributed by atoms with Gasteiger partial charge in [0, 0.05) is 13.1 Å². The molecule has 92 valence electrons. The SMILES string of the molecule is C[C@H]1CN(C(=O)OC(C)(C)C)C[C@H]1C1CC1. The molecule has 1 aliphatic heterocycles. The Morgan fingerprint density at radius 2 is 1.88 bits per heavy atom. The average molecular weight is 225 g/mol. The first-order valence-corrected chi connectivity index (χ1v) is 6.35. The van der Waals surface area contributed by atoms with E-state index in [0.29, 0.717) is 11.8 Å². The van der Waals surface area contributed by atoms with Crippen LogP contribution in [0, 0.1) is 17.8 Å². The minimum absolute atomic E-state index is 0.137. The summed E-state index contributed by atoms with van der Waals surface area (Å²) in [4.78, 5) is 13.8. The lowest BCUT2D eigenvalue weighted by Crippen LogP contribution is -2.35. The molecule has 0 aromatic carbocycles. The second kappa shape index (κ2) is 3.94. The summed E-state index contributed by atoms with van der Waals surface area (Å²) in [6.07, 6.45) is 2.58. The summed E-state index contributed by atoms with van der Waals surface area (Å²) in [5, 5.41) is 0. The third-order valence-electron chi connectivity index (χ3n) is 3.55. The number of rotatable bonds is 1. The van der Waals surface area contributed by atoms with Gasteiger partial charge in [0.1, 0.15) is 5.60 Å². The monoisotopic (exact) mass is 225 g/mol. The number of nitrogens with zero attached hydrogens (tertiary/aromatic N) is 1. The van der Waals surface area contributed by atoms with Crippen LogP contribution in [0.15, 0.2) is 0 Å². The van der Waals surface area contributed by atoms with Gasteiger partial charge in [-0.1, -0.05) is 6.92 Å². The summed E-state index contributed by atoms with van der Waals surface area (Å²) < 4.78 is 5.41. The molecule has 0 bridgehead atoms. The molecular weight excluding hydrogens is 202 g/mol. The summed E-state index contributed by atoms with van der Waals surface area (Å²) >= 11 is 0. The molecule has 0 radical (unpaired) electrons. The highest BCUT2D eigenvalue weighted by atomic mass is 16.6.